The molecular formula is C36H28Cl2N2Ti. The van der Waals surface area contributed by atoms with Gasteiger partial charge in [-0.1, -0.05) is 0 Å². The molecule has 0 fully saturated rings. The van der Waals surface area contributed by atoms with Gasteiger partial charge in [0.1, 0.15) is 0 Å². The number of halogens is 2. The number of rotatable bonds is 4. The fraction of sp³-hybridized carbons (Fsp3) is 0.111. The Labute approximate surface area is 262 Å². The molecule has 0 amide bonds. The van der Waals surface area contributed by atoms with Crippen LogP contribution in [0.25, 0.3) is 45.3 Å². The summed E-state index contributed by atoms with van der Waals surface area (Å²) >= 11 is -0.451. The minimum absolute atomic E-state index is 0. The Morgan fingerprint density at radius 1 is 0.488 bits per heavy atom. The number of hydrogen-bond donors (Lipinski definition) is 0. The number of hydrogen-bond acceptors (Lipinski definition) is 0. The number of para-hydroxylation sites is 4. The molecule has 0 bridgehead atoms. The van der Waals surface area contributed by atoms with Crippen LogP contribution in [0.1, 0.15) is 44.8 Å². The average Bonchev–Trinajstić information content (AvgIpc) is 3.66. The summed E-state index contributed by atoms with van der Waals surface area (Å²) in [4.78, 5) is 0. The van der Waals surface area contributed by atoms with Crippen LogP contribution in [-0.2, 0) is 19.2 Å². The van der Waals surface area contributed by atoms with Gasteiger partial charge in [-0.15, -0.1) is 0 Å². The standard InChI is InChI=1S/2C18H14N.2ClH.Ti/c2*1-13-11-16-15-9-5-6-10-17(15)19(18(16)12-13)14-7-3-2-4-8-14;;;/h2*2-12H,1H3;2*1H;/q;;;;+2/p-2. The molecule has 0 saturated heterocycles. The molecule has 2 nitrogen and oxygen atoms in total. The van der Waals surface area contributed by atoms with Crippen molar-refractivity contribution in [2.24, 2.45) is 0 Å². The van der Waals surface area contributed by atoms with E-state index in [1.165, 1.54) is 55.7 Å². The van der Waals surface area contributed by atoms with Gasteiger partial charge >= 0.3 is 239 Å². The van der Waals surface area contributed by atoms with Crippen LogP contribution in [-0.4, -0.2) is 9.13 Å². The van der Waals surface area contributed by atoms with Crippen LogP contribution >= 0.6 is 0 Å². The van der Waals surface area contributed by atoms with Crippen LogP contribution in [0.4, 0.5) is 0 Å². The van der Waals surface area contributed by atoms with Crippen molar-refractivity contribution < 1.29 is 44.0 Å². The third-order valence-corrected chi connectivity index (χ3v) is 11.8. The molecule has 4 aromatic carbocycles. The predicted molar refractivity (Wildman–Crippen MR) is 159 cm³/mol. The van der Waals surface area contributed by atoms with Crippen LogP contribution in [0.15, 0.2) is 120 Å². The molecule has 2 aromatic heterocycles. The Hall–Kier alpha value is -3.27. The van der Waals surface area contributed by atoms with Gasteiger partial charge in [-0.05, 0) is 0 Å². The molecular weight excluding hydrogens is 579 g/mol. The molecule has 0 radical (unpaired) electrons. The largest absolute Gasteiger partial charge is 1.00 e. The summed E-state index contributed by atoms with van der Waals surface area (Å²) < 4.78 is 5.97. The van der Waals surface area contributed by atoms with Crippen LogP contribution in [0.2, 0.25) is 0 Å². The van der Waals surface area contributed by atoms with E-state index in [1.807, 2.05) is 0 Å². The van der Waals surface area contributed by atoms with Gasteiger partial charge in [0.05, 0.1) is 0 Å². The zero-order chi connectivity index (χ0) is 26.1. The monoisotopic (exact) mass is 606 g/mol. The second-order valence-electron chi connectivity index (χ2n) is 10.8. The Balaban J connectivity index is 0.00000151. The van der Waals surface area contributed by atoms with E-state index in [1.54, 1.807) is 11.1 Å². The molecule has 200 valence electrons. The topological polar surface area (TPSA) is 9.86 Å². The van der Waals surface area contributed by atoms with Crippen LogP contribution in [0, 0.1) is 0 Å². The van der Waals surface area contributed by atoms with E-state index in [-0.39, 0.29) is 24.8 Å². The maximum atomic E-state index is 2.48. The van der Waals surface area contributed by atoms with Crippen molar-refractivity contribution >= 4 is 34.0 Å². The molecule has 0 spiro atoms. The van der Waals surface area contributed by atoms with E-state index in [9.17, 15) is 0 Å². The van der Waals surface area contributed by atoms with Crippen LogP contribution < -0.4 is 24.8 Å². The van der Waals surface area contributed by atoms with Gasteiger partial charge < -0.3 is 24.8 Å². The SMILES string of the molecule is CC1=Cc2c(c3ccccc3n2-c2ccccc2)[CH]1[Ti+2][CH]1C(C)=Cc2c1c1ccccc1n2-c1ccccc1.[Cl-].[Cl-]. The first-order valence-corrected chi connectivity index (χ1v) is 15.5. The van der Waals surface area contributed by atoms with Crippen molar-refractivity contribution in [2.45, 2.75) is 22.3 Å². The second-order valence-corrected chi connectivity index (χ2v) is 13.1. The van der Waals surface area contributed by atoms with Gasteiger partial charge in [0.25, 0.3) is 0 Å². The Bertz CT molecular complexity index is 1820. The first kappa shape index (κ1) is 27.9. The van der Waals surface area contributed by atoms with Crippen molar-refractivity contribution in [1.82, 2.24) is 9.13 Å². The summed E-state index contributed by atoms with van der Waals surface area (Å²) in [5.41, 5.74) is 14.0. The fourth-order valence-corrected chi connectivity index (χ4v) is 9.89. The Kier molecular flexibility index (Phi) is 7.38. The molecule has 2 atom stereocenters. The minimum atomic E-state index is -0.451. The van der Waals surface area contributed by atoms with Crippen LogP contribution in [0.5, 0.6) is 0 Å². The number of aromatic nitrogens is 2. The van der Waals surface area contributed by atoms with Gasteiger partial charge in [-0.2, -0.15) is 0 Å². The van der Waals surface area contributed by atoms with Gasteiger partial charge in [0.15, 0.2) is 0 Å². The summed E-state index contributed by atoms with van der Waals surface area (Å²) in [5, 5.41) is 2.81. The zero-order valence-electron chi connectivity index (χ0n) is 22.9. The summed E-state index contributed by atoms with van der Waals surface area (Å²) in [6.07, 6.45) is 4.94. The molecule has 2 unspecified atom stereocenters. The van der Waals surface area contributed by atoms with E-state index in [0.717, 1.165) is 0 Å². The molecule has 2 heterocycles. The van der Waals surface area contributed by atoms with Crippen molar-refractivity contribution in [2.75, 3.05) is 0 Å². The first-order valence-electron chi connectivity index (χ1n) is 13.7. The number of fused-ring (bicyclic) bond motifs is 6. The molecule has 8 rings (SSSR count). The summed E-state index contributed by atoms with van der Waals surface area (Å²) in [6, 6.07) is 39.7. The number of benzene rings is 4. The molecule has 41 heavy (non-hydrogen) atoms. The summed E-state index contributed by atoms with van der Waals surface area (Å²) in [5.74, 6) is 0. The van der Waals surface area contributed by atoms with Crippen molar-refractivity contribution in [3.05, 3.63) is 143 Å². The van der Waals surface area contributed by atoms with Crippen LogP contribution in [0.3, 0.4) is 0 Å². The van der Waals surface area contributed by atoms with E-state index in [4.69, 9.17) is 0 Å². The van der Waals surface area contributed by atoms with E-state index >= 15 is 0 Å². The average molecular weight is 607 g/mol. The molecule has 2 aliphatic carbocycles. The van der Waals surface area contributed by atoms with Crippen molar-refractivity contribution in [1.29, 1.82) is 0 Å². The zero-order valence-corrected chi connectivity index (χ0v) is 25.9. The normalized spacial score (nSPS) is 16.8. The van der Waals surface area contributed by atoms with E-state index in [2.05, 4.69) is 144 Å². The van der Waals surface area contributed by atoms with Gasteiger partial charge in [0.2, 0.25) is 0 Å². The molecule has 2 aliphatic rings. The fourth-order valence-electron chi connectivity index (χ4n) is 6.82. The predicted octanol–water partition coefficient (Wildman–Crippen LogP) is 3.28. The van der Waals surface area contributed by atoms with Crippen molar-refractivity contribution in [3.8, 4) is 11.4 Å². The minimum Gasteiger partial charge on any atom is -1.00 e. The second kappa shape index (κ2) is 10.9. The summed E-state index contributed by atoms with van der Waals surface area (Å²) in [7, 11) is 0. The van der Waals surface area contributed by atoms with Gasteiger partial charge in [-0.25, -0.2) is 0 Å². The maximum absolute atomic E-state index is 2.48. The Morgan fingerprint density at radius 2 is 0.854 bits per heavy atom. The van der Waals surface area contributed by atoms with Crippen molar-refractivity contribution in [3.63, 3.8) is 0 Å². The third-order valence-electron chi connectivity index (χ3n) is 8.48. The smallest absolute Gasteiger partial charge is 1.00 e. The molecule has 6 aromatic rings. The molecule has 5 heteroatoms. The molecule has 0 aliphatic heterocycles. The quantitative estimate of drug-likeness (QED) is 0.273. The van der Waals surface area contributed by atoms with Gasteiger partial charge in [0, 0.05) is 0 Å². The van der Waals surface area contributed by atoms with Gasteiger partial charge in [-0.3, -0.25) is 0 Å². The maximum Gasteiger partial charge on any atom is -1.00 e. The molecule has 0 saturated carbocycles. The third kappa shape index (κ3) is 4.20. The Morgan fingerprint density at radius 3 is 1.27 bits per heavy atom. The van der Waals surface area contributed by atoms with E-state index in [0.29, 0.717) is 8.45 Å². The first-order chi connectivity index (χ1) is 19.2. The summed E-state index contributed by atoms with van der Waals surface area (Å²) in [6.45, 7) is 4.72. The van der Waals surface area contributed by atoms with E-state index < -0.39 is 19.2 Å². The number of allylic oxidation sites excluding steroid dienone is 2. The molecule has 0 N–H and O–H groups in total. The number of nitrogens with zero attached hydrogens (tertiary/aromatic N) is 2.